The van der Waals surface area contributed by atoms with Crippen LogP contribution < -0.4 is 95.2 Å². The molecule has 45 heteroatoms. The number of aliphatic hydroxyl groups excluding tert-OH is 1. The molecule has 94 heavy (non-hydrogen) atoms. The van der Waals surface area contributed by atoms with Gasteiger partial charge >= 0.3 is 75.7 Å². The van der Waals surface area contributed by atoms with Crippen LogP contribution in [-0.4, -0.2) is 263 Å². The van der Waals surface area contributed by atoms with E-state index in [0.717, 1.165) is 0 Å². The third-order valence-corrected chi connectivity index (χ3v) is 12.6. The number of primary amides is 1. The summed E-state index contributed by atoms with van der Waals surface area (Å²) in [6, 6.07) is -0.891. The van der Waals surface area contributed by atoms with Crippen molar-refractivity contribution in [3.05, 3.63) is 57.2 Å². The molecule has 0 radical (unpaired) electrons. The number of aldehydes is 1. The van der Waals surface area contributed by atoms with Gasteiger partial charge in [0.25, 0.3) is 20.3 Å². The summed E-state index contributed by atoms with van der Waals surface area (Å²) >= 11 is 0. The Bertz CT molecular complexity index is 2310. The van der Waals surface area contributed by atoms with Gasteiger partial charge in [-0.25, -0.2) is 16.2 Å². The number of alkyl halides is 3. The van der Waals surface area contributed by atoms with Crippen LogP contribution in [0.4, 0.5) is 22.8 Å². The van der Waals surface area contributed by atoms with Crippen LogP contribution in [0.5, 0.6) is 0 Å². The van der Waals surface area contributed by atoms with E-state index in [2.05, 4.69) is 45.9 Å². The number of halogens is 3. The number of fused-ring (bicyclic) bond motifs is 4. The molecule has 16 atom stereocenters. The second-order valence-electron chi connectivity index (χ2n) is 21.9. The Kier molecular flexibility index (Phi) is 44.3. The Morgan fingerprint density at radius 2 is 0.915 bits per heavy atom. The second kappa shape index (κ2) is 46.0. The van der Waals surface area contributed by atoms with E-state index >= 15 is 0 Å². The number of aliphatic hydroxyl groups is 1. The molecule has 8 aliphatic heterocycles. The summed E-state index contributed by atoms with van der Waals surface area (Å²) in [6.07, 6.45) is -10.4. The van der Waals surface area contributed by atoms with Crippen LogP contribution in [0, 0.1) is 52.2 Å². The largest absolute Gasteiger partial charge is 1.00 e. The fourth-order valence-corrected chi connectivity index (χ4v) is 9.31. The number of hydrogen-bond acceptors (Lipinski definition) is 33. The molecule has 0 aromatic rings. The van der Waals surface area contributed by atoms with Crippen molar-refractivity contribution < 1.29 is 176 Å². The molecule has 0 bridgehead atoms. The van der Waals surface area contributed by atoms with Crippen LogP contribution in [0.1, 0.15) is 69.2 Å². The normalized spacial score (nSPS) is 28.4. The quantitative estimate of drug-likeness (QED) is 0.00936. The van der Waals surface area contributed by atoms with Gasteiger partial charge in [0, 0.05) is 39.1 Å². The number of carbonyl (C=O) groups is 4. The van der Waals surface area contributed by atoms with Gasteiger partial charge in [0.15, 0.2) is 24.4 Å². The predicted octanol–water partition coefficient (Wildman–Crippen LogP) is -4.67. The smallest absolute Gasteiger partial charge is 0.539 e. The molecule has 3 amide bonds. The van der Waals surface area contributed by atoms with Crippen molar-refractivity contribution in [2.24, 2.45) is 17.2 Å². The van der Waals surface area contributed by atoms with Gasteiger partial charge in [-0.15, -0.1) is 40.5 Å². The van der Waals surface area contributed by atoms with Crippen LogP contribution in [0.2, 0.25) is 0 Å². The molecule has 0 spiro atoms. The Balaban J connectivity index is 0. The van der Waals surface area contributed by atoms with Crippen molar-refractivity contribution in [3.8, 4) is 0 Å². The molecule has 0 saturated carbocycles. The molecule has 8 aliphatic rings. The maximum absolute atomic E-state index is 11.6. The van der Waals surface area contributed by atoms with Gasteiger partial charge in [-0.2, -0.15) is 13.2 Å². The first-order valence-electron chi connectivity index (χ1n) is 27.9. The predicted molar refractivity (Wildman–Crippen MR) is 307 cm³/mol. The van der Waals surface area contributed by atoms with Crippen LogP contribution in [0.15, 0.2) is 0 Å². The van der Waals surface area contributed by atoms with Crippen LogP contribution in [0.25, 0.3) is 5.01 Å². The van der Waals surface area contributed by atoms with E-state index in [9.17, 15) is 68.0 Å². The summed E-state index contributed by atoms with van der Waals surface area (Å²) < 4.78 is 84.7. The molecule has 0 aromatic carbocycles. The summed E-state index contributed by atoms with van der Waals surface area (Å²) in [4.78, 5) is 101. The number of alkyl carbamates (subject to hydrolysis) is 1. The van der Waals surface area contributed by atoms with Gasteiger partial charge in [-0.3, -0.25) is 14.6 Å². The number of nitrogens with two attached hydrogens (primary N) is 3. The van der Waals surface area contributed by atoms with Gasteiger partial charge < -0.3 is 121 Å². The SMILES string of the molecule is C.C.CC(C)(C)OC(=O)CCCN[C@H]1CO[C@H]2[C@@H]1OC[C@H]2O[N+](=O)[O-].CC(C)(C)OC(=O)NCCO.NC(=O)NCCN[C@H]1CO[C@H]2[C@@H]1OC[C@H]2O[N+](=O)[O-].NCCN[C@H]1CO[C@H]2[C@@H]1OC[C@H]2O[N+](=O)[O-].N[C@H]1CO[C@H]2[C@@H]1OC[C@H]2O[N+](=O)[O-].O=CC(F)(F)F.[C-]#[N+][O-].[K+]. The van der Waals surface area contributed by atoms with Gasteiger partial charge in [0.2, 0.25) is 6.29 Å². The number of carbonyl (C=O) groups excluding carboxylic acids is 4. The molecular weight excluding hydrogens is 1310 g/mol. The zero-order chi connectivity index (χ0) is 68.6. The van der Waals surface area contributed by atoms with E-state index in [1.165, 1.54) is 5.01 Å². The molecule has 8 heterocycles. The van der Waals surface area contributed by atoms with Crippen molar-refractivity contribution >= 4 is 24.4 Å². The monoisotopic (exact) mass is 1400 g/mol. The minimum absolute atomic E-state index is 0. The molecule has 8 fully saturated rings. The average molecular weight is 1400 g/mol. The molecule has 0 unspecified atom stereocenters. The van der Waals surface area contributed by atoms with E-state index in [0.29, 0.717) is 72.0 Å². The summed E-state index contributed by atoms with van der Waals surface area (Å²) in [7, 11) is 0. The fourth-order valence-electron chi connectivity index (χ4n) is 9.31. The van der Waals surface area contributed by atoms with Gasteiger partial charge in [-0.05, 0) is 54.5 Å². The molecule has 8 rings (SSSR count). The van der Waals surface area contributed by atoms with E-state index in [-0.39, 0.29) is 173 Å². The number of urea groups is 1. The maximum atomic E-state index is 11.6. The second-order valence-corrected chi connectivity index (χ2v) is 21.9. The Labute approximate surface area is 580 Å². The first kappa shape index (κ1) is 90.7. The van der Waals surface area contributed by atoms with Crippen LogP contribution >= 0.6 is 0 Å². The first-order valence-corrected chi connectivity index (χ1v) is 27.9. The third-order valence-electron chi connectivity index (χ3n) is 12.6. The Morgan fingerprint density at radius 1 is 0.585 bits per heavy atom. The van der Waals surface area contributed by atoms with E-state index in [1.807, 2.05) is 20.8 Å². The fraction of sp³-hybridized carbons (Fsp3) is 0.898. The number of ether oxygens (including phenoxy) is 10. The Morgan fingerprint density at radius 3 is 1.24 bits per heavy atom. The van der Waals surface area contributed by atoms with Crippen molar-refractivity contribution in [3.63, 3.8) is 0 Å². The van der Waals surface area contributed by atoms with E-state index in [4.69, 9.17) is 86.3 Å². The first-order chi connectivity index (χ1) is 42.7. The number of amides is 3. The van der Waals surface area contributed by atoms with Crippen molar-refractivity contribution in [1.82, 2.24) is 26.6 Å². The summed E-state index contributed by atoms with van der Waals surface area (Å²) in [5.41, 5.74) is 15.0. The van der Waals surface area contributed by atoms with Gasteiger partial charge in [-0.1, -0.05) is 14.9 Å². The summed E-state index contributed by atoms with van der Waals surface area (Å²) in [6.45, 7) is 21.2. The number of hydrogen-bond donors (Lipinski definition) is 9. The van der Waals surface area contributed by atoms with E-state index < -0.39 is 92.8 Å². The number of nitrogens with zero attached hydrogens (tertiary/aromatic N) is 5. The zero-order valence-electron chi connectivity index (χ0n) is 51.4. The molecule has 12 N–H and O–H groups in total. The van der Waals surface area contributed by atoms with Crippen LogP contribution in [-0.2, 0) is 76.3 Å². The number of rotatable bonds is 22. The van der Waals surface area contributed by atoms with Crippen molar-refractivity contribution in [2.75, 3.05) is 98.7 Å². The molecule has 540 valence electrons. The standard InChI is InChI=1S/C14H24N2O7.C9H16N4O6.C8H15N3O5.C7H15NO3.C6H10N2O5.C2HF3O.CNO.2CH4.K/c1-14(2,3)22-11(17)5-4-6-15-9-7-20-13-10(23-16(18)19)8-21-12(9)13;10-9(14)12-2-1-11-5-3-17-8-6(19-13(15)16)4-18-7(5)8;9-1-2-10-5-3-14-8-6(16-11(12)13)4-15-7(5)8;1-7(2,3)11-6(10)8-4-5-9;7-3-1-11-6-4(13-8(9)10)2-12-5(3)6;3-2(4,5)1-6;1-2-3;;;/h9-10,12-13,15H,4-8H2,1-3H3;5-8,11H,1-4H2,(H3,10,12,14);5-8,10H,1-4,9H2;9H,4-5H2,1-3H3,(H,8,10);3-6H,1-2,7H2;1H;;2*1H4;/q;;;;;;-1;;;+1/t9-,10+,12+,13+;2*5-,6+,7+,8+;;3-,4+,5+,6+;;;;;/m000.0...../s1. The maximum Gasteiger partial charge on any atom is 1.00 e. The van der Waals surface area contributed by atoms with Crippen molar-refractivity contribution in [1.29, 1.82) is 0 Å². The van der Waals surface area contributed by atoms with Crippen molar-refractivity contribution in [2.45, 2.75) is 184 Å². The van der Waals surface area contributed by atoms with Crippen LogP contribution in [0.3, 0.4) is 0 Å². The summed E-state index contributed by atoms with van der Waals surface area (Å²) in [5, 5.41) is 70.2. The number of esters is 1. The molecule has 0 aliphatic carbocycles. The zero-order valence-corrected chi connectivity index (χ0v) is 54.5. The average Bonchev–Trinajstić information content (AvgIpc) is 1.82. The molecular formula is C49H89F3KN13O28. The minimum Gasteiger partial charge on any atom is -0.539 e. The van der Waals surface area contributed by atoms with Gasteiger partial charge in [0.1, 0.15) is 60.0 Å². The van der Waals surface area contributed by atoms with Gasteiger partial charge in [0.05, 0.1) is 83.6 Å². The third kappa shape index (κ3) is 35.6. The molecule has 41 nitrogen and oxygen atoms in total. The van der Waals surface area contributed by atoms with E-state index in [1.54, 1.807) is 20.8 Å². The molecule has 0 aromatic heterocycles. The molecule has 8 saturated heterocycles. The minimum atomic E-state index is -4.64. The number of nitrogens with one attached hydrogen (secondary N) is 5. The summed E-state index contributed by atoms with van der Waals surface area (Å²) in [5.74, 6) is -0.226. The topological polar surface area (TPSA) is 556 Å². The Hall–Kier alpha value is -5.36.